The van der Waals surface area contributed by atoms with Crippen LogP contribution in [0.5, 0.6) is 0 Å². The number of hydrogen-bond donors (Lipinski definition) is 1. The molecule has 0 bridgehead atoms. The zero-order valence-electron chi connectivity index (χ0n) is 11.9. The first kappa shape index (κ1) is 12.6. The Kier molecular flexibility index (Phi) is 3.11. The Bertz CT molecular complexity index is 773. The molecule has 3 aromatic rings. The molecule has 0 saturated heterocycles. The van der Waals surface area contributed by atoms with Gasteiger partial charge in [-0.2, -0.15) is 0 Å². The number of aromatic nitrogens is 2. The lowest BCUT2D eigenvalue weighted by Gasteiger charge is -2.12. The van der Waals surface area contributed by atoms with Gasteiger partial charge in [0.15, 0.2) is 0 Å². The summed E-state index contributed by atoms with van der Waals surface area (Å²) in [6, 6.07) is 14.7. The molecule has 0 unspecified atom stereocenters. The Labute approximate surface area is 118 Å². The molecule has 3 heteroatoms. The average molecular weight is 263 g/mol. The minimum Gasteiger partial charge on any atom is -0.373 e. The van der Waals surface area contributed by atoms with Crippen molar-refractivity contribution < 1.29 is 0 Å². The molecular formula is C17H17N3. The molecule has 20 heavy (non-hydrogen) atoms. The lowest BCUT2D eigenvalue weighted by Crippen LogP contribution is -2.02. The first-order valence-corrected chi connectivity index (χ1v) is 6.72. The van der Waals surface area contributed by atoms with E-state index in [1.165, 1.54) is 10.8 Å². The van der Waals surface area contributed by atoms with Crippen LogP contribution >= 0.6 is 0 Å². The van der Waals surface area contributed by atoms with Crippen molar-refractivity contribution in [3.05, 3.63) is 53.9 Å². The van der Waals surface area contributed by atoms with Crippen molar-refractivity contribution in [3.63, 3.8) is 0 Å². The molecule has 0 amide bonds. The number of aryl methyl sites for hydroxylation is 1. The maximum absolute atomic E-state index is 4.65. The van der Waals surface area contributed by atoms with E-state index < -0.39 is 0 Å². The van der Waals surface area contributed by atoms with Crippen LogP contribution in [0.2, 0.25) is 0 Å². The fourth-order valence-electron chi connectivity index (χ4n) is 2.57. The molecule has 0 aliphatic rings. The van der Waals surface area contributed by atoms with Crippen molar-refractivity contribution >= 4 is 16.6 Å². The van der Waals surface area contributed by atoms with E-state index in [-0.39, 0.29) is 0 Å². The van der Waals surface area contributed by atoms with Gasteiger partial charge in [0.25, 0.3) is 0 Å². The Balaban J connectivity index is 2.34. The average Bonchev–Trinajstić information content (AvgIpc) is 2.48. The molecular weight excluding hydrogens is 246 g/mol. The van der Waals surface area contributed by atoms with E-state index in [0.29, 0.717) is 0 Å². The second-order valence-electron chi connectivity index (χ2n) is 4.87. The van der Waals surface area contributed by atoms with E-state index in [1.807, 2.05) is 14.0 Å². The molecule has 0 spiro atoms. The second kappa shape index (κ2) is 4.93. The minimum absolute atomic E-state index is 0.780. The fourth-order valence-corrected chi connectivity index (χ4v) is 2.57. The molecule has 2 aromatic carbocycles. The summed E-state index contributed by atoms with van der Waals surface area (Å²) in [5.41, 5.74) is 3.23. The third kappa shape index (κ3) is 2.01. The standard InChI is InChI=1S/C17H17N3/c1-11-16(19-12(2)20-17(11)18-3)15-10-6-8-13-7-4-5-9-14(13)15/h4-10H,1-3H3,(H,18,19,20). The van der Waals surface area contributed by atoms with Crippen LogP contribution in [0, 0.1) is 13.8 Å². The number of anilines is 1. The van der Waals surface area contributed by atoms with Gasteiger partial charge in [-0.15, -0.1) is 0 Å². The van der Waals surface area contributed by atoms with Crippen molar-refractivity contribution in [1.82, 2.24) is 9.97 Å². The van der Waals surface area contributed by atoms with Crippen LogP contribution < -0.4 is 5.32 Å². The van der Waals surface area contributed by atoms with Crippen LogP contribution in [0.3, 0.4) is 0 Å². The van der Waals surface area contributed by atoms with E-state index in [0.717, 1.165) is 28.5 Å². The molecule has 1 heterocycles. The quantitative estimate of drug-likeness (QED) is 0.760. The number of benzene rings is 2. The van der Waals surface area contributed by atoms with Crippen LogP contribution in [0.4, 0.5) is 5.82 Å². The number of rotatable bonds is 2. The molecule has 0 atom stereocenters. The number of fused-ring (bicyclic) bond motifs is 1. The summed E-state index contributed by atoms with van der Waals surface area (Å²) in [5, 5.41) is 5.59. The van der Waals surface area contributed by atoms with Gasteiger partial charge < -0.3 is 5.32 Å². The van der Waals surface area contributed by atoms with E-state index >= 15 is 0 Å². The first-order chi connectivity index (χ1) is 9.70. The van der Waals surface area contributed by atoms with Crippen LogP contribution in [0.25, 0.3) is 22.0 Å². The zero-order chi connectivity index (χ0) is 14.1. The monoisotopic (exact) mass is 263 g/mol. The molecule has 0 radical (unpaired) electrons. The third-order valence-corrected chi connectivity index (χ3v) is 3.54. The molecule has 1 aromatic heterocycles. The molecule has 3 rings (SSSR count). The maximum atomic E-state index is 4.65. The summed E-state index contributed by atoms with van der Waals surface area (Å²) >= 11 is 0. The van der Waals surface area contributed by atoms with E-state index in [2.05, 4.69) is 64.7 Å². The normalized spacial score (nSPS) is 10.8. The molecule has 0 fully saturated rings. The zero-order valence-corrected chi connectivity index (χ0v) is 11.9. The SMILES string of the molecule is CNc1nc(C)nc(-c2cccc3ccccc23)c1C. The largest absolute Gasteiger partial charge is 0.373 e. The Hall–Kier alpha value is -2.42. The highest BCUT2D eigenvalue weighted by Gasteiger charge is 2.12. The molecule has 1 N–H and O–H groups in total. The summed E-state index contributed by atoms with van der Waals surface area (Å²) < 4.78 is 0. The van der Waals surface area contributed by atoms with Gasteiger partial charge >= 0.3 is 0 Å². The molecule has 0 saturated carbocycles. The minimum atomic E-state index is 0.780. The van der Waals surface area contributed by atoms with Gasteiger partial charge in [0.05, 0.1) is 5.69 Å². The summed E-state index contributed by atoms with van der Waals surface area (Å²) in [6.07, 6.45) is 0. The maximum Gasteiger partial charge on any atom is 0.132 e. The predicted octanol–water partition coefficient (Wildman–Crippen LogP) is 3.96. The summed E-state index contributed by atoms with van der Waals surface area (Å²) in [5.74, 6) is 1.67. The fraction of sp³-hybridized carbons (Fsp3) is 0.176. The van der Waals surface area contributed by atoms with Crippen molar-refractivity contribution in [2.75, 3.05) is 12.4 Å². The molecule has 0 aliphatic carbocycles. The smallest absolute Gasteiger partial charge is 0.132 e. The lowest BCUT2D eigenvalue weighted by molar-refractivity contribution is 1.04. The summed E-state index contributed by atoms with van der Waals surface area (Å²) in [4.78, 5) is 9.09. The van der Waals surface area contributed by atoms with Crippen molar-refractivity contribution in [2.24, 2.45) is 0 Å². The third-order valence-electron chi connectivity index (χ3n) is 3.54. The van der Waals surface area contributed by atoms with Gasteiger partial charge in [0.1, 0.15) is 11.6 Å². The molecule has 0 aliphatic heterocycles. The Morgan fingerprint density at radius 2 is 1.65 bits per heavy atom. The van der Waals surface area contributed by atoms with Gasteiger partial charge in [-0.3, -0.25) is 0 Å². The van der Waals surface area contributed by atoms with E-state index in [4.69, 9.17) is 0 Å². The van der Waals surface area contributed by atoms with Gasteiger partial charge in [-0.1, -0.05) is 42.5 Å². The highest BCUT2D eigenvalue weighted by molar-refractivity contribution is 5.96. The van der Waals surface area contributed by atoms with Crippen LogP contribution in [0.1, 0.15) is 11.4 Å². The Morgan fingerprint density at radius 1 is 0.900 bits per heavy atom. The molecule has 3 nitrogen and oxygen atoms in total. The lowest BCUT2D eigenvalue weighted by atomic mass is 9.99. The first-order valence-electron chi connectivity index (χ1n) is 6.72. The Morgan fingerprint density at radius 3 is 2.45 bits per heavy atom. The number of nitrogens with one attached hydrogen (secondary N) is 1. The topological polar surface area (TPSA) is 37.8 Å². The highest BCUT2D eigenvalue weighted by Crippen LogP contribution is 2.31. The predicted molar refractivity (Wildman–Crippen MR) is 84.0 cm³/mol. The number of hydrogen-bond acceptors (Lipinski definition) is 3. The van der Waals surface area contributed by atoms with E-state index in [9.17, 15) is 0 Å². The van der Waals surface area contributed by atoms with Crippen LogP contribution in [-0.2, 0) is 0 Å². The summed E-state index contributed by atoms with van der Waals surface area (Å²) in [6.45, 7) is 3.98. The van der Waals surface area contributed by atoms with Crippen molar-refractivity contribution in [2.45, 2.75) is 13.8 Å². The highest BCUT2D eigenvalue weighted by atomic mass is 15.0. The van der Waals surface area contributed by atoms with Gasteiger partial charge in [0, 0.05) is 18.2 Å². The van der Waals surface area contributed by atoms with Gasteiger partial charge in [-0.25, -0.2) is 9.97 Å². The van der Waals surface area contributed by atoms with Crippen molar-refractivity contribution in [3.8, 4) is 11.3 Å². The summed E-state index contributed by atoms with van der Waals surface area (Å²) in [7, 11) is 1.89. The van der Waals surface area contributed by atoms with Gasteiger partial charge in [0.2, 0.25) is 0 Å². The van der Waals surface area contributed by atoms with Crippen molar-refractivity contribution in [1.29, 1.82) is 0 Å². The van der Waals surface area contributed by atoms with Crippen LogP contribution in [0.15, 0.2) is 42.5 Å². The molecule has 100 valence electrons. The number of nitrogens with zero attached hydrogens (tertiary/aromatic N) is 2. The second-order valence-corrected chi connectivity index (χ2v) is 4.87. The van der Waals surface area contributed by atoms with Gasteiger partial charge in [-0.05, 0) is 24.6 Å². The van der Waals surface area contributed by atoms with Crippen LogP contribution in [-0.4, -0.2) is 17.0 Å². The van der Waals surface area contributed by atoms with E-state index in [1.54, 1.807) is 0 Å².